The summed E-state index contributed by atoms with van der Waals surface area (Å²) in [6.07, 6.45) is 2.88. The zero-order valence-corrected chi connectivity index (χ0v) is 17.3. The third-order valence-corrected chi connectivity index (χ3v) is 8.65. The van der Waals surface area contributed by atoms with E-state index in [1.54, 1.807) is 0 Å². The number of amides is 2. The van der Waals surface area contributed by atoms with Crippen LogP contribution in [0.5, 0.6) is 0 Å². The summed E-state index contributed by atoms with van der Waals surface area (Å²) in [5.41, 5.74) is 1.30. The van der Waals surface area contributed by atoms with Crippen molar-refractivity contribution in [3.05, 3.63) is 33.4 Å². The molecule has 2 amide bonds. The minimum Gasteiger partial charge on any atom is -0.358 e. The van der Waals surface area contributed by atoms with Crippen molar-refractivity contribution in [1.29, 1.82) is 0 Å². The van der Waals surface area contributed by atoms with E-state index >= 15 is 0 Å². The van der Waals surface area contributed by atoms with Gasteiger partial charge in [0.2, 0.25) is 11.8 Å². The molecule has 2 bridgehead atoms. The van der Waals surface area contributed by atoms with E-state index < -0.39 is 11.1 Å². The monoisotopic (exact) mass is 417 g/mol. The van der Waals surface area contributed by atoms with Crippen LogP contribution in [0.4, 0.5) is 0 Å². The fraction of sp³-hybridized carbons (Fsp3) is 0.524. The third kappa shape index (κ3) is 1.69. The highest BCUT2D eigenvalue weighted by Gasteiger charge is 2.72. The number of carbonyl (C=O) groups excluding carboxylic acids is 2. The maximum absolute atomic E-state index is 13.7. The molecule has 146 valence electrons. The van der Waals surface area contributed by atoms with Gasteiger partial charge in [0.15, 0.2) is 0 Å². The van der Waals surface area contributed by atoms with Gasteiger partial charge in [0.1, 0.15) is 11.1 Å². The van der Waals surface area contributed by atoms with E-state index in [2.05, 4.69) is 24.1 Å². The summed E-state index contributed by atoms with van der Waals surface area (Å²) in [5, 5.41) is 5.20. The molecule has 0 radical (unpaired) electrons. The third-order valence-electron chi connectivity index (χ3n) is 7.93. The molecule has 28 heavy (non-hydrogen) atoms. The Morgan fingerprint density at radius 3 is 2.71 bits per heavy atom. The first-order chi connectivity index (χ1) is 13.2. The Labute approximate surface area is 172 Å². The number of rotatable bonds is 0. The number of piperidine rings is 2. The molecule has 2 spiro atoms. The van der Waals surface area contributed by atoms with Crippen LogP contribution in [0.3, 0.4) is 0 Å². The molecule has 4 fully saturated rings. The SMILES string of the molecule is CC1(C)c2[nH]c3cc(Cl)c(Cl)cc3c2C[C@@]23NC(=O)[C@]4(CCCN4C2=O)C[C@H]13. The van der Waals surface area contributed by atoms with E-state index in [1.165, 1.54) is 0 Å². The first-order valence-corrected chi connectivity index (χ1v) is 10.6. The Hall–Kier alpha value is -1.72. The van der Waals surface area contributed by atoms with Gasteiger partial charge in [-0.05, 0) is 37.0 Å². The normalized spacial score (nSPS) is 35.0. The van der Waals surface area contributed by atoms with Gasteiger partial charge in [-0.2, -0.15) is 0 Å². The van der Waals surface area contributed by atoms with Crippen molar-refractivity contribution in [3.8, 4) is 0 Å². The van der Waals surface area contributed by atoms with E-state index in [4.69, 9.17) is 23.2 Å². The number of hydrogen-bond acceptors (Lipinski definition) is 2. The van der Waals surface area contributed by atoms with Gasteiger partial charge >= 0.3 is 0 Å². The molecule has 7 rings (SSSR count). The van der Waals surface area contributed by atoms with Crippen LogP contribution in [-0.2, 0) is 21.4 Å². The van der Waals surface area contributed by atoms with Crippen LogP contribution < -0.4 is 5.32 Å². The molecular weight excluding hydrogens is 397 g/mol. The number of nitrogens with zero attached hydrogens (tertiary/aromatic N) is 1. The minimum absolute atomic E-state index is 0.0287. The highest BCUT2D eigenvalue weighted by Crippen LogP contribution is 2.59. The van der Waals surface area contributed by atoms with Crippen molar-refractivity contribution in [1.82, 2.24) is 15.2 Å². The smallest absolute Gasteiger partial charge is 0.249 e. The molecule has 5 nitrogen and oxygen atoms in total. The topological polar surface area (TPSA) is 65.2 Å². The molecule has 1 aromatic carbocycles. The van der Waals surface area contributed by atoms with Crippen molar-refractivity contribution < 1.29 is 9.59 Å². The van der Waals surface area contributed by atoms with Crippen molar-refractivity contribution in [2.45, 2.75) is 56.0 Å². The number of benzene rings is 1. The molecule has 2 N–H and O–H groups in total. The highest BCUT2D eigenvalue weighted by atomic mass is 35.5. The predicted octanol–water partition coefficient (Wildman–Crippen LogP) is 3.56. The molecule has 0 saturated carbocycles. The number of halogens is 2. The van der Waals surface area contributed by atoms with Crippen molar-refractivity contribution in [2.75, 3.05) is 6.54 Å². The molecule has 5 heterocycles. The maximum atomic E-state index is 13.7. The van der Waals surface area contributed by atoms with Crippen molar-refractivity contribution in [3.63, 3.8) is 0 Å². The summed E-state index contributed by atoms with van der Waals surface area (Å²) >= 11 is 12.5. The van der Waals surface area contributed by atoms with Crippen LogP contribution >= 0.6 is 23.2 Å². The van der Waals surface area contributed by atoms with Gasteiger partial charge in [0.25, 0.3) is 0 Å². The van der Waals surface area contributed by atoms with E-state index in [0.717, 1.165) is 41.4 Å². The summed E-state index contributed by atoms with van der Waals surface area (Å²) in [6, 6.07) is 3.73. The Balaban J connectivity index is 1.63. The van der Waals surface area contributed by atoms with Gasteiger partial charge in [0, 0.05) is 40.9 Å². The van der Waals surface area contributed by atoms with Gasteiger partial charge in [-0.3, -0.25) is 9.59 Å². The summed E-state index contributed by atoms with van der Waals surface area (Å²) < 4.78 is 0. The molecule has 3 atom stereocenters. The van der Waals surface area contributed by atoms with Gasteiger partial charge in [0.05, 0.1) is 10.0 Å². The first kappa shape index (κ1) is 17.2. The Kier molecular flexibility index (Phi) is 2.99. The van der Waals surface area contributed by atoms with E-state index in [1.807, 2.05) is 17.0 Å². The number of H-pyrrole nitrogens is 1. The molecule has 2 aromatic rings. The summed E-state index contributed by atoms with van der Waals surface area (Å²) in [4.78, 5) is 32.3. The molecule has 1 aliphatic carbocycles. The van der Waals surface area contributed by atoms with Gasteiger partial charge in [-0.1, -0.05) is 37.0 Å². The van der Waals surface area contributed by atoms with Crippen LogP contribution in [0.25, 0.3) is 10.9 Å². The number of aromatic nitrogens is 1. The average Bonchev–Trinajstić information content (AvgIpc) is 3.21. The largest absolute Gasteiger partial charge is 0.358 e. The fourth-order valence-corrected chi connectivity index (χ4v) is 6.95. The molecule has 0 unspecified atom stereocenters. The molecule has 5 aliphatic rings. The number of aromatic amines is 1. The van der Waals surface area contributed by atoms with Crippen LogP contribution in [-0.4, -0.2) is 39.3 Å². The van der Waals surface area contributed by atoms with Crippen LogP contribution in [0, 0.1) is 5.92 Å². The number of hydrogen-bond donors (Lipinski definition) is 2. The summed E-state index contributed by atoms with van der Waals surface area (Å²) in [6.45, 7) is 5.06. The standard InChI is InChI=1S/C21H21Cl2N3O2/c1-19(2)15-9-20-4-3-5-26(20)18(28)21(15,25-17(20)27)8-11-10-6-12(22)13(23)7-14(10)24-16(11)19/h6-7,15,24H,3-5,8-9H2,1-2H3,(H,25,27)/t15-,20+,21+/m1/s1. The van der Waals surface area contributed by atoms with E-state index in [9.17, 15) is 9.59 Å². The van der Waals surface area contributed by atoms with E-state index in [-0.39, 0.29) is 23.1 Å². The second kappa shape index (κ2) is 4.88. The Bertz CT molecular complexity index is 1110. The Morgan fingerprint density at radius 1 is 1.18 bits per heavy atom. The zero-order valence-electron chi connectivity index (χ0n) is 15.8. The minimum atomic E-state index is -0.874. The fourth-order valence-electron chi connectivity index (χ4n) is 6.62. The average molecular weight is 418 g/mol. The maximum Gasteiger partial charge on any atom is 0.249 e. The van der Waals surface area contributed by atoms with Crippen LogP contribution in [0.2, 0.25) is 10.0 Å². The van der Waals surface area contributed by atoms with Crippen LogP contribution in [0.15, 0.2) is 12.1 Å². The van der Waals surface area contributed by atoms with Crippen LogP contribution in [0.1, 0.15) is 44.4 Å². The highest BCUT2D eigenvalue weighted by molar-refractivity contribution is 6.42. The van der Waals surface area contributed by atoms with Crippen molar-refractivity contribution in [2.24, 2.45) is 5.92 Å². The summed E-state index contributed by atoms with van der Waals surface area (Å²) in [5.74, 6) is 0.168. The number of nitrogens with one attached hydrogen (secondary N) is 2. The first-order valence-electron chi connectivity index (χ1n) is 9.85. The van der Waals surface area contributed by atoms with Gasteiger partial charge in [-0.15, -0.1) is 0 Å². The van der Waals surface area contributed by atoms with Crippen molar-refractivity contribution >= 4 is 45.9 Å². The quantitative estimate of drug-likeness (QED) is 0.687. The summed E-state index contributed by atoms with van der Waals surface area (Å²) in [7, 11) is 0. The van der Waals surface area contributed by atoms with Gasteiger partial charge < -0.3 is 15.2 Å². The lowest BCUT2D eigenvalue weighted by Gasteiger charge is -2.64. The zero-order chi connectivity index (χ0) is 19.6. The van der Waals surface area contributed by atoms with E-state index in [0.29, 0.717) is 23.0 Å². The Morgan fingerprint density at radius 2 is 1.93 bits per heavy atom. The molecule has 4 aliphatic heterocycles. The lowest BCUT2D eigenvalue weighted by molar-refractivity contribution is -0.179. The number of fused-ring (bicyclic) bond motifs is 4. The predicted molar refractivity (Wildman–Crippen MR) is 108 cm³/mol. The van der Waals surface area contributed by atoms with Gasteiger partial charge in [-0.25, -0.2) is 0 Å². The molecule has 7 heteroatoms. The lowest BCUT2D eigenvalue weighted by atomic mass is 9.51. The second-order valence-electron chi connectivity index (χ2n) is 9.46. The number of carbonyl (C=O) groups is 2. The second-order valence-corrected chi connectivity index (χ2v) is 10.3. The number of piperazine rings is 1. The molecular formula is C21H21Cl2N3O2. The molecule has 1 aromatic heterocycles. The lowest BCUT2D eigenvalue weighted by Crippen LogP contribution is -2.84. The molecule has 4 saturated heterocycles.